The number of para-hydroxylation sites is 1. The summed E-state index contributed by atoms with van der Waals surface area (Å²) < 4.78 is 8.54. The zero-order valence-electron chi connectivity index (χ0n) is 18.2. The smallest absolute Gasteiger partial charge is 0.332 e. The van der Waals surface area contributed by atoms with E-state index in [0.29, 0.717) is 18.7 Å². The van der Waals surface area contributed by atoms with Gasteiger partial charge in [-0.05, 0) is 34.9 Å². The summed E-state index contributed by atoms with van der Waals surface area (Å²) in [6, 6.07) is 25.2. The molecule has 164 valence electrons. The van der Waals surface area contributed by atoms with Crippen molar-refractivity contribution >= 4 is 10.9 Å². The SMILES string of the molecule is COc1ccc(C2c3[nH]c4ccccc4c3Cc3c(O)n(Cc4ccccc4)c(=O)n32)cc1. The van der Waals surface area contributed by atoms with Crippen molar-refractivity contribution in [3.63, 3.8) is 0 Å². The molecule has 6 nitrogen and oxygen atoms in total. The molecule has 0 bridgehead atoms. The van der Waals surface area contributed by atoms with Crippen molar-refractivity contribution < 1.29 is 9.84 Å². The molecule has 2 N–H and O–H groups in total. The molecule has 0 spiro atoms. The van der Waals surface area contributed by atoms with Crippen LogP contribution in [-0.2, 0) is 13.0 Å². The number of aromatic amines is 1. The van der Waals surface area contributed by atoms with Crippen molar-refractivity contribution in [1.29, 1.82) is 0 Å². The highest BCUT2D eigenvalue weighted by Gasteiger charge is 2.35. The van der Waals surface area contributed by atoms with E-state index < -0.39 is 0 Å². The zero-order valence-corrected chi connectivity index (χ0v) is 18.2. The van der Waals surface area contributed by atoms with E-state index in [1.165, 1.54) is 4.57 Å². The average molecular weight is 437 g/mol. The Morgan fingerprint density at radius 3 is 2.48 bits per heavy atom. The molecule has 1 aliphatic rings. The lowest BCUT2D eigenvalue weighted by Crippen LogP contribution is -2.32. The van der Waals surface area contributed by atoms with Gasteiger partial charge in [-0.3, -0.25) is 9.13 Å². The second kappa shape index (κ2) is 7.45. The maximum absolute atomic E-state index is 13.7. The Labute approximate surface area is 190 Å². The Morgan fingerprint density at radius 2 is 1.73 bits per heavy atom. The third kappa shape index (κ3) is 2.98. The summed E-state index contributed by atoms with van der Waals surface area (Å²) >= 11 is 0. The Morgan fingerprint density at radius 1 is 1.00 bits per heavy atom. The number of fused-ring (bicyclic) bond motifs is 4. The standard InChI is InChI=1S/C27H23N3O3/c1-33-19-13-11-18(12-14-19)25-24-21(20-9-5-6-10-22(20)28-24)15-23-26(31)29(27(32)30(23)25)16-17-7-3-2-4-8-17/h2-14,25,28,31H,15-16H2,1H3. The van der Waals surface area contributed by atoms with Crippen LogP contribution >= 0.6 is 0 Å². The summed E-state index contributed by atoms with van der Waals surface area (Å²) in [4.78, 5) is 17.3. The van der Waals surface area contributed by atoms with E-state index in [4.69, 9.17) is 4.74 Å². The van der Waals surface area contributed by atoms with Crippen LogP contribution in [0.3, 0.4) is 0 Å². The van der Waals surface area contributed by atoms with Gasteiger partial charge in [0.25, 0.3) is 0 Å². The second-order valence-corrected chi connectivity index (χ2v) is 8.41. The number of methoxy groups -OCH3 is 1. The normalized spacial score (nSPS) is 14.8. The molecule has 3 heterocycles. The van der Waals surface area contributed by atoms with Crippen molar-refractivity contribution in [2.45, 2.75) is 19.0 Å². The van der Waals surface area contributed by atoms with Crippen LogP contribution in [-0.4, -0.2) is 26.3 Å². The maximum Gasteiger partial charge on any atom is 0.332 e. The Bertz CT molecular complexity index is 1530. The number of imidazole rings is 1. The first-order valence-corrected chi connectivity index (χ1v) is 11.0. The minimum absolute atomic E-state index is 0.0262. The van der Waals surface area contributed by atoms with E-state index in [1.54, 1.807) is 11.7 Å². The molecule has 0 amide bonds. The molecule has 5 aromatic rings. The van der Waals surface area contributed by atoms with Gasteiger partial charge in [-0.2, -0.15) is 0 Å². The van der Waals surface area contributed by atoms with Gasteiger partial charge < -0.3 is 14.8 Å². The van der Waals surface area contributed by atoms with Crippen LogP contribution in [0.25, 0.3) is 10.9 Å². The summed E-state index contributed by atoms with van der Waals surface area (Å²) in [5, 5.41) is 12.3. The largest absolute Gasteiger partial charge is 0.497 e. The van der Waals surface area contributed by atoms with Gasteiger partial charge in [-0.1, -0.05) is 60.7 Å². The zero-order chi connectivity index (χ0) is 22.5. The molecule has 6 heteroatoms. The number of benzene rings is 3. The summed E-state index contributed by atoms with van der Waals surface area (Å²) in [5.74, 6) is 0.779. The summed E-state index contributed by atoms with van der Waals surface area (Å²) in [5.41, 5.74) is 5.43. The van der Waals surface area contributed by atoms with Crippen LogP contribution < -0.4 is 10.4 Å². The van der Waals surface area contributed by atoms with Crippen molar-refractivity contribution in [3.8, 4) is 11.6 Å². The molecule has 2 aromatic heterocycles. The van der Waals surface area contributed by atoms with Gasteiger partial charge in [0.15, 0.2) is 0 Å². The van der Waals surface area contributed by atoms with Crippen LogP contribution in [0, 0.1) is 0 Å². The van der Waals surface area contributed by atoms with E-state index in [0.717, 1.165) is 39.0 Å². The third-order valence-corrected chi connectivity index (χ3v) is 6.58. The second-order valence-electron chi connectivity index (χ2n) is 8.41. The number of hydrogen-bond donors (Lipinski definition) is 2. The van der Waals surface area contributed by atoms with Gasteiger partial charge in [0.1, 0.15) is 11.8 Å². The molecule has 0 saturated carbocycles. The first kappa shape index (κ1) is 19.5. The lowest BCUT2D eigenvalue weighted by Gasteiger charge is -2.26. The monoisotopic (exact) mass is 437 g/mol. The number of nitrogens with one attached hydrogen (secondary N) is 1. The van der Waals surface area contributed by atoms with Gasteiger partial charge in [0.05, 0.1) is 19.3 Å². The molecule has 0 saturated heterocycles. The van der Waals surface area contributed by atoms with E-state index in [-0.39, 0.29) is 17.6 Å². The molecule has 3 aromatic carbocycles. The van der Waals surface area contributed by atoms with Gasteiger partial charge in [-0.15, -0.1) is 0 Å². The first-order chi connectivity index (χ1) is 16.2. The Hall–Kier alpha value is -4.19. The predicted octanol–water partition coefficient (Wildman–Crippen LogP) is 4.44. The fourth-order valence-electron chi connectivity index (χ4n) is 4.98. The van der Waals surface area contributed by atoms with E-state index in [1.807, 2.05) is 72.8 Å². The molecule has 0 radical (unpaired) electrons. The first-order valence-electron chi connectivity index (χ1n) is 11.0. The number of H-pyrrole nitrogens is 1. The van der Waals surface area contributed by atoms with Crippen molar-refractivity contribution in [2.24, 2.45) is 0 Å². The molecule has 1 unspecified atom stereocenters. The van der Waals surface area contributed by atoms with Crippen molar-refractivity contribution in [1.82, 2.24) is 14.1 Å². The molecule has 6 rings (SSSR count). The minimum Gasteiger partial charge on any atom is -0.497 e. The van der Waals surface area contributed by atoms with Crippen LogP contribution in [0.2, 0.25) is 0 Å². The highest BCUT2D eigenvalue weighted by atomic mass is 16.5. The fourth-order valence-corrected chi connectivity index (χ4v) is 4.98. The van der Waals surface area contributed by atoms with Gasteiger partial charge in [-0.25, -0.2) is 4.79 Å². The number of hydrogen-bond acceptors (Lipinski definition) is 3. The fraction of sp³-hybridized carbons (Fsp3) is 0.148. The molecule has 1 aliphatic heterocycles. The molecule has 0 fully saturated rings. The third-order valence-electron chi connectivity index (χ3n) is 6.58. The molecule has 1 atom stereocenters. The van der Waals surface area contributed by atoms with Crippen molar-refractivity contribution in [2.75, 3.05) is 7.11 Å². The van der Waals surface area contributed by atoms with Crippen molar-refractivity contribution in [3.05, 3.63) is 117 Å². The minimum atomic E-state index is -0.377. The van der Waals surface area contributed by atoms with E-state index in [2.05, 4.69) is 11.1 Å². The predicted molar refractivity (Wildman–Crippen MR) is 127 cm³/mol. The van der Waals surface area contributed by atoms with Crippen LogP contribution in [0.4, 0.5) is 0 Å². The lowest BCUT2D eigenvalue weighted by molar-refractivity contribution is 0.414. The molecular formula is C27H23N3O3. The number of rotatable bonds is 4. The van der Waals surface area contributed by atoms with Crippen LogP contribution in [0.5, 0.6) is 11.6 Å². The molecule has 33 heavy (non-hydrogen) atoms. The quantitative estimate of drug-likeness (QED) is 0.428. The lowest BCUT2D eigenvalue weighted by atomic mass is 9.93. The topological polar surface area (TPSA) is 72.2 Å². The van der Waals surface area contributed by atoms with Gasteiger partial charge >= 0.3 is 5.69 Å². The van der Waals surface area contributed by atoms with Crippen LogP contribution in [0.1, 0.15) is 34.1 Å². The van der Waals surface area contributed by atoms with E-state index >= 15 is 0 Å². The highest BCUT2D eigenvalue weighted by molar-refractivity contribution is 5.86. The molecular weight excluding hydrogens is 414 g/mol. The summed E-state index contributed by atoms with van der Waals surface area (Å²) in [6.07, 6.45) is 0.481. The average Bonchev–Trinajstić information content (AvgIpc) is 3.34. The highest BCUT2D eigenvalue weighted by Crippen LogP contribution is 2.41. The maximum atomic E-state index is 13.7. The van der Waals surface area contributed by atoms with Gasteiger partial charge in [0, 0.05) is 23.0 Å². The Kier molecular flexibility index (Phi) is 4.40. The number of ether oxygens (including phenoxy) is 1. The summed E-state index contributed by atoms with van der Waals surface area (Å²) in [6.45, 7) is 0.315. The number of aromatic hydroxyl groups is 1. The van der Waals surface area contributed by atoms with Crippen LogP contribution in [0.15, 0.2) is 83.7 Å². The summed E-state index contributed by atoms with van der Waals surface area (Å²) in [7, 11) is 1.63. The van der Waals surface area contributed by atoms with E-state index in [9.17, 15) is 9.90 Å². The molecule has 0 aliphatic carbocycles. The Balaban J connectivity index is 1.58. The number of aromatic nitrogens is 3. The van der Waals surface area contributed by atoms with Gasteiger partial charge in [0.2, 0.25) is 5.88 Å². The number of nitrogens with zero attached hydrogens (tertiary/aromatic N) is 2.